The molecule has 0 atom stereocenters. The highest BCUT2D eigenvalue weighted by molar-refractivity contribution is 5.92. The standard InChI is InChI=1S/C18H15N3O3/c22-18(16-13-20-8-2-1-7-17(20)19-16)21(11-14-5-3-9-23-14)12-15-6-4-10-24-15/h1-10,13H,11-12H2. The van der Waals surface area contributed by atoms with Crippen LogP contribution in [0, 0.1) is 0 Å². The summed E-state index contributed by atoms with van der Waals surface area (Å²) < 4.78 is 12.6. The zero-order valence-corrected chi connectivity index (χ0v) is 12.8. The van der Waals surface area contributed by atoms with Crippen molar-refractivity contribution in [2.24, 2.45) is 0 Å². The van der Waals surface area contributed by atoms with Crippen molar-refractivity contribution < 1.29 is 13.6 Å². The minimum Gasteiger partial charge on any atom is -0.467 e. The van der Waals surface area contributed by atoms with Gasteiger partial charge >= 0.3 is 0 Å². The van der Waals surface area contributed by atoms with Crippen molar-refractivity contribution >= 4 is 11.6 Å². The van der Waals surface area contributed by atoms with Crippen molar-refractivity contribution in [3.05, 3.63) is 84.6 Å². The predicted octanol–water partition coefficient (Wildman–Crippen LogP) is 3.36. The molecule has 0 fully saturated rings. The van der Waals surface area contributed by atoms with E-state index in [1.807, 2.05) is 40.9 Å². The Morgan fingerprint density at radius 1 is 1.00 bits per heavy atom. The summed E-state index contributed by atoms with van der Waals surface area (Å²) >= 11 is 0. The topological polar surface area (TPSA) is 63.9 Å². The number of fused-ring (bicyclic) bond motifs is 1. The summed E-state index contributed by atoms with van der Waals surface area (Å²) in [5.74, 6) is 1.24. The van der Waals surface area contributed by atoms with E-state index in [2.05, 4.69) is 4.98 Å². The molecular weight excluding hydrogens is 306 g/mol. The fourth-order valence-corrected chi connectivity index (χ4v) is 2.58. The molecule has 0 aliphatic rings. The maximum Gasteiger partial charge on any atom is 0.274 e. The number of imidazole rings is 1. The van der Waals surface area contributed by atoms with Gasteiger partial charge in [0, 0.05) is 12.4 Å². The van der Waals surface area contributed by atoms with Crippen LogP contribution in [0.25, 0.3) is 5.65 Å². The van der Waals surface area contributed by atoms with Crippen LogP contribution in [0.1, 0.15) is 22.0 Å². The zero-order valence-electron chi connectivity index (χ0n) is 12.8. The van der Waals surface area contributed by atoms with Crippen molar-refractivity contribution in [3.63, 3.8) is 0 Å². The normalized spacial score (nSPS) is 11.0. The maximum atomic E-state index is 12.9. The van der Waals surface area contributed by atoms with Gasteiger partial charge in [0.25, 0.3) is 5.91 Å². The average Bonchev–Trinajstić information content (AvgIpc) is 3.34. The molecule has 0 aromatic carbocycles. The third kappa shape index (κ3) is 2.81. The van der Waals surface area contributed by atoms with E-state index < -0.39 is 0 Å². The van der Waals surface area contributed by atoms with Crippen LogP contribution < -0.4 is 0 Å². The number of furan rings is 2. The minimum absolute atomic E-state index is 0.175. The van der Waals surface area contributed by atoms with Gasteiger partial charge in [0.1, 0.15) is 22.9 Å². The molecule has 6 nitrogen and oxygen atoms in total. The van der Waals surface area contributed by atoms with Crippen molar-refractivity contribution in [1.29, 1.82) is 0 Å². The minimum atomic E-state index is -0.175. The molecule has 0 radical (unpaired) electrons. The Bertz CT molecular complexity index is 870. The first kappa shape index (κ1) is 14.3. The second-order valence-electron chi connectivity index (χ2n) is 5.41. The summed E-state index contributed by atoms with van der Waals surface area (Å²) in [6.07, 6.45) is 6.78. The van der Waals surface area contributed by atoms with Crippen molar-refractivity contribution in [3.8, 4) is 0 Å². The molecule has 0 unspecified atom stereocenters. The molecule has 0 saturated heterocycles. The highest BCUT2D eigenvalue weighted by Crippen LogP contribution is 2.15. The highest BCUT2D eigenvalue weighted by Gasteiger charge is 2.21. The van der Waals surface area contributed by atoms with Gasteiger partial charge in [-0.2, -0.15) is 0 Å². The van der Waals surface area contributed by atoms with Gasteiger partial charge in [0.15, 0.2) is 0 Å². The molecule has 1 amide bonds. The van der Waals surface area contributed by atoms with E-state index in [0.717, 1.165) is 5.65 Å². The number of aromatic nitrogens is 2. The van der Waals surface area contributed by atoms with Gasteiger partial charge in [-0.15, -0.1) is 0 Å². The van der Waals surface area contributed by atoms with Crippen LogP contribution in [-0.4, -0.2) is 20.2 Å². The van der Waals surface area contributed by atoms with E-state index in [-0.39, 0.29) is 5.91 Å². The lowest BCUT2D eigenvalue weighted by atomic mass is 10.3. The molecule has 4 rings (SSSR count). The Hall–Kier alpha value is -3.28. The summed E-state index contributed by atoms with van der Waals surface area (Å²) in [5.41, 5.74) is 1.12. The number of amides is 1. The fourth-order valence-electron chi connectivity index (χ4n) is 2.58. The summed E-state index contributed by atoms with van der Waals surface area (Å²) in [4.78, 5) is 19.0. The molecule has 0 N–H and O–H groups in total. The van der Waals surface area contributed by atoms with Gasteiger partial charge in [0.2, 0.25) is 0 Å². The van der Waals surface area contributed by atoms with Crippen LogP contribution in [0.15, 0.2) is 76.2 Å². The summed E-state index contributed by atoms with van der Waals surface area (Å²) in [6.45, 7) is 0.695. The first-order chi connectivity index (χ1) is 11.8. The second kappa shape index (κ2) is 6.08. The van der Waals surface area contributed by atoms with E-state index in [1.54, 1.807) is 35.8 Å². The third-order valence-corrected chi connectivity index (χ3v) is 3.72. The first-order valence-corrected chi connectivity index (χ1v) is 7.57. The molecule has 6 heteroatoms. The van der Waals surface area contributed by atoms with E-state index in [4.69, 9.17) is 8.83 Å². The Kier molecular flexibility index (Phi) is 3.63. The monoisotopic (exact) mass is 321 g/mol. The third-order valence-electron chi connectivity index (χ3n) is 3.72. The highest BCUT2D eigenvalue weighted by atomic mass is 16.3. The van der Waals surface area contributed by atoms with Gasteiger partial charge in [-0.25, -0.2) is 4.98 Å². The predicted molar refractivity (Wildman–Crippen MR) is 86.2 cm³/mol. The molecule has 24 heavy (non-hydrogen) atoms. The quantitative estimate of drug-likeness (QED) is 0.565. The van der Waals surface area contributed by atoms with Gasteiger partial charge in [0.05, 0.1) is 25.6 Å². The van der Waals surface area contributed by atoms with Crippen LogP contribution in [0.2, 0.25) is 0 Å². The largest absolute Gasteiger partial charge is 0.467 e. The molecule has 0 saturated carbocycles. The number of carbonyl (C=O) groups is 1. The lowest BCUT2D eigenvalue weighted by molar-refractivity contribution is 0.0699. The maximum absolute atomic E-state index is 12.9. The lowest BCUT2D eigenvalue weighted by Gasteiger charge is -2.19. The Morgan fingerprint density at radius 3 is 2.29 bits per heavy atom. The Balaban J connectivity index is 1.64. The molecule has 0 bridgehead atoms. The van der Waals surface area contributed by atoms with Crippen LogP contribution in [0.5, 0.6) is 0 Å². The van der Waals surface area contributed by atoms with Crippen LogP contribution in [0.4, 0.5) is 0 Å². The van der Waals surface area contributed by atoms with E-state index in [1.165, 1.54) is 0 Å². The smallest absolute Gasteiger partial charge is 0.274 e. The van der Waals surface area contributed by atoms with Gasteiger partial charge in [-0.3, -0.25) is 4.79 Å². The first-order valence-electron chi connectivity index (χ1n) is 7.57. The van der Waals surface area contributed by atoms with E-state index >= 15 is 0 Å². The molecule has 0 aliphatic heterocycles. The lowest BCUT2D eigenvalue weighted by Crippen LogP contribution is -2.30. The Labute approximate surface area is 137 Å². The summed E-state index contributed by atoms with van der Waals surface area (Å²) in [6, 6.07) is 12.9. The molecular formula is C18H15N3O3. The average molecular weight is 321 g/mol. The van der Waals surface area contributed by atoms with Crippen molar-refractivity contribution in [1.82, 2.24) is 14.3 Å². The number of pyridine rings is 1. The number of nitrogens with zero attached hydrogens (tertiary/aromatic N) is 3. The van der Waals surface area contributed by atoms with Gasteiger partial charge in [-0.05, 0) is 36.4 Å². The number of rotatable bonds is 5. The SMILES string of the molecule is O=C(c1cn2ccccc2n1)N(Cc1ccco1)Cc1ccco1. The molecule has 0 aliphatic carbocycles. The van der Waals surface area contributed by atoms with E-state index in [9.17, 15) is 4.79 Å². The number of hydrogen-bond acceptors (Lipinski definition) is 4. The molecule has 120 valence electrons. The van der Waals surface area contributed by atoms with Crippen LogP contribution in [0.3, 0.4) is 0 Å². The summed E-state index contributed by atoms with van der Waals surface area (Å²) in [5, 5.41) is 0. The Morgan fingerprint density at radius 2 is 1.71 bits per heavy atom. The van der Waals surface area contributed by atoms with Crippen molar-refractivity contribution in [2.75, 3.05) is 0 Å². The van der Waals surface area contributed by atoms with E-state index in [0.29, 0.717) is 30.3 Å². The zero-order chi connectivity index (χ0) is 16.4. The summed E-state index contributed by atoms with van der Waals surface area (Å²) in [7, 11) is 0. The van der Waals surface area contributed by atoms with Gasteiger partial charge in [-0.1, -0.05) is 6.07 Å². The second-order valence-corrected chi connectivity index (χ2v) is 5.41. The van der Waals surface area contributed by atoms with Crippen LogP contribution >= 0.6 is 0 Å². The fraction of sp³-hybridized carbons (Fsp3) is 0.111. The number of carbonyl (C=O) groups excluding carboxylic acids is 1. The number of hydrogen-bond donors (Lipinski definition) is 0. The van der Waals surface area contributed by atoms with Gasteiger partial charge < -0.3 is 18.1 Å². The van der Waals surface area contributed by atoms with Crippen LogP contribution in [-0.2, 0) is 13.1 Å². The molecule has 4 heterocycles. The molecule has 0 spiro atoms. The molecule has 4 aromatic heterocycles. The molecule has 4 aromatic rings. The van der Waals surface area contributed by atoms with Crippen molar-refractivity contribution in [2.45, 2.75) is 13.1 Å².